The van der Waals surface area contributed by atoms with Gasteiger partial charge in [-0.1, -0.05) is 0 Å². The summed E-state index contributed by atoms with van der Waals surface area (Å²) < 4.78 is 0. The summed E-state index contributed by atoms with van der Waals surface area (Å²) in [5, 5.41) is 17.0. The van der Waals surface area contributed by atoms with Crippen LogP contribution in [0.15, 0.2) is 18.5 Å². The third kappa shape index (κ3) is 2.12. The highest BCUT2D eigenvalue weighted by Gasteiger charge is 2.34. The van der Waals surface area contributed by atoms with Gasteiger partial charge in [-0.15, -0.1) is 0 Å². The van der Waals surface area contributed by atoms with Gasteiger partial charge in [-0.2, -0.15) is 10.2 Å². The molecule has 1 aliphatic heterocycles. The van der Waals surface area contributed by atoms with Crippen LogP contribution in [0.2, 0.25) is 0 Å². The summed E-state index contributed by atoms with van der Waals surface area (Å²) in [6.45, 7) is 2.72. The molecule has 1 unspecified atom stereocenters. The lowest BCUT2D eigenvalue weighted by Crippen LogP contribution is -2.33. The van der Waals surface area contributed by atoms with E-state index in [4.69, 9.17) is 0 Å². The van der Waals surface area contributed by atoms with E-state index in [9.17, 15) is 9.90 Å². The molecule has 15 heavy (non-hydrogen) atoms. The van der Waals surface area contributed by atoms with Crippen molar-refractivity contribution in [2.24, 2.45) is 0 Å². The molecule has 0 saturated carbocycles. The molecule has 1 aromatic rings. The van der Waals surface area contributed by atoms with Crippen molar-refractivity contribution in [3.8, 4) is 0 Å². The van der Waals surface area contributed by atoms with Crippen molar-refractivity contribution < 1.29 is 9.90 Å². The fourth-order valence-electron chi connectivity index (χ4n) is 1.72. The molecule has 1 aromatic heterocycles. The number of amides is 1. The van der Waals surface area contributed by atoms with Gasteiger partial charge in [-0.05, 0) is 19.4 Å². The number of aliphatic hydroxyl groups is 1. The molecule has 1 amide bonds. The largest absolute Gasteiger partial charge is 0.388 e. The molecule has 1 atom stereocenters. The molecule has 0 aromatic carbocycles. The van der Waals surface area contributed by atoms with Crippen molar-refractivity contribution in [3.63, 3.8) is 0 Å². The highest BCUT2D eigenvalue weighted by molar-refractivity contribution is 5.94. The van der Waals surface area contributed by atoms with Gasteiger partial charge in [-0.25, -0.2) is 0 Å². The number of nitrogens with zero attached hydrogens (tertiary/aromatic N) is 3. The molecule has 5 heteroatoms. The van der Waals surface area contributed by atoms with E-state index in [0.29, 0.717) is 25.1 Å². The molecule has 1 saturated heterocycles. The van der Waals surface area contributed by atoms with Crippen LogP contribution in [0, 0.1) is 0 Å². The zero-order valence-corrected chi connectivity index (χ0v) is 8.55. The van der Waals surface area contributed by atoms with E-state index in [2.05, 4.69) is 10.2 Å². The Morgan fingerprint density at radius 2 is 2.40 bits per heavy atom. The maximum Gasteiger partial charge on any atom is 0.255 e. The van der Waals surface area contributed by atoms with E-state index in [0.717, 1.165) is 0 Å². The Kier molecular flexibility index (Phi) is 2.40. The van der Waals surface area contributed by atoms with Gasteiger partial charge in [-0.3, -0.25) is 4.79 Å². The standard InChI is InChI=1S/C10H13N3O2/c1-10(15)3-5-13(7-10)9(14)8-2-4-11-12-6-8/h2,4,6,15H,3,5,7H2,1H3. The van der Waals surface area contributed by atoms with Crippen LogP contribution in [0.25, 0.3) is 0 Å². The molecular weight excluding hydrogens is 194 g/mol. The van der Waals surface area contributed by atoms with Gasteiger partial charge < -0.3 is 10.0 Å². The second-order valence-corrected chi connectivity index (χ2v) is 4.10. The van der Waals surface area contributed by atoms with Gasteiger partial charge in [0.2, 0.25) is 0 Å². The maximum absolute atomic E-state index is 11.9. The number of carbonyl (C=O) groups excluding carboxylic acids is 1. The quantitative estimate of drug-likeness (QED) is 0.708. The lowest BCUT2D eigenvalue weighted by Gasteiger charge is -2.18. The van der Waals surface area contributed by atoms with Crippen LogP contribution in [0.3, 0.4) is 0 Å². The number of hydrogen-bond donors (Lipinski definition) is 1. The molecule has 0 radical (unpaired) electrons. The smallest absolute Gasteiger partial charge is 0.255 e. The third-order valence-corrected chi connectivity index (χ3v) is 2.57. The molecule has 1 fully saturated rings. The number of rotatable bonds is 1. The number of β-amino-alcohol motifs (C(OH)–C–C–N with tert-alkyl or cyclic N) is 1. The highest BCUT2D eigenvalue weighted by atomic mass is 16.3. The second-order valence-electron chi connectivity index (χ2n) is 4.10. The Hall–Kier alpha value is -1.49. The zero-order chi connectivity index (χ0) is 10.9. The average molecular weight is 207 g/mol. The van der Waals surface area contributed by atoms with Gasteiger partial charge in [0.05, 0.1) is 23.6 Å². The first-order valence-electron chi connectivity index (χ1n) is 4.87. The van der Waals surface area contributed by atoms with Gasteiger partial charge >= 0.3 is 0 Å². The summed E-state index contributed by atoms with van der Waals surface area (Å²) in [4.78, 5) is 13.5. The van der Waals surface area contributed by atoms with Crippen molar-refractivity contribution in [3.05, 3.63) is 24.0 Å². The highest BCUT2D eigenvalue weighted by Crippen LogP contribution is 2.21. The minimum absolute atomic E-state index is 0.0947. The second kappa shape index (κ2) is 3.58. The molecule has 0 bridgehead atoms. The minimum Gasteiger partial charge on any atom is -0.388 e. The summed E-state index contributed by atoms with van der Waals surface area (Å²) in [6, 6.07) is 1.63. The Balaban J connectivity index is 2.11. The molecule has 80 valence electrons. The first kappa shape index (κ1) is 10.0. The van der Waals surface area contributed by atoms with Gasteiger partial charge in [0.1, 0.15) is 0 Å². The van der Waals surface area contributed by atoms with Crippen molar-refractivity contribution in [1.29, 1.82) is 0 Å². The van der Waals surface area contributed by atoms with Crippen LogP contribution in [-0.2, 0) is 0 Å². The maximum atomic E-state index is 11.9. The van der Waals surface area contributed by atoms with Gasteiger partial charge in [0.15, 0.2) is 0 Å². The normalized spacial score (nSPS) is 25.6. The van der Waals surface area contributed by atoms with E-state index >= 15 is 0 Å². The minimum atomic E-state index is -0.754. The number of likely N-dealkylation sites (tertiary alicyclic amines) is 1. The summed E-state index contributed by atoms with van der Waals surface area (Å²) in [7, 11) is 0. The Morgan fingerprint density at radius 3 is 2.93 bits per heavy atom. The first-order chi connectivity index (χ1) is 7.08. The number of aromatic nitrogens is 2. The molecular formula is C10H13N3O2. The van der Waals surface area contributed by atoms with Gasteiger partial charge in [0.25, 0.3) is 5.91 Å². The molecule has 2 heterocycles. The first-order valence-corrected chi connectivity index (χ1v) is 4.87. The molecule has 1 N–H and O–H groups in total. The SMILES string of the molecule is CC1(O)CCN(C(=O)c2ccnnc2)C1. The molecule has 1 aliphatic rings. The fourth-order valence-corrected chi connectivity index (χ4v) is 1.72. The molecule has 0 spiro atoms. The van der Waals surface area contributed by atoms with Crippen LogP contribution in [0.4, 0.5) is 0 Å². The van der Waals surface area contributed by atoms with E-state index in [1.165, 1.54) is 12.4 Å². The van der Waals surface area contributed by atoms with Crippen molar-refractivity contribution >= 4 is 5.91 Å². The van der Waals surface area contributed by atoms with Crippen LogP contribution < -0.4 is 0 Å². The fraction of sp³-hybridized carbons (Fsp3) is 0.500. The molecule has 0 aliphatic carbocycles. The van der Waals surface area contributed by atoms with Crippen molar-refractivity contribution in [1.82, 2.24) is 15.1 Å². The van der Waals surface area contributed by atoms with Crippen LogP contribution in [0.5, 0.6) is 0 Å². The van der Waals surface area contributed by atoms with E-state index in [1.54, 1.807) is 17.9 Å². The predicted octanol–water partition coefficient (Wildman–Crippen LogP) is 0.0735. The van der Waals surface area contributed by atoms with Crippen LogP contribution >= 0.6 is 0 Å². The Morgan fingerprint density at radius 1 is 1.60 bits per heavy atom. The summed E-state index contributed by atoms with van der Waals surface area (Å²) in [5.74, 6) is -0.0947. The van der Waals surface area contributed by atoms with Crippen LogP contribution in [0.1, 0.15) is 23.7 Å². The number of hydrogen-bond acceptors (Lipinski definition) is 4. The zero-order valence-electron chi connectivity index (χ0n) is 8.55. The summed E-state index contributed by atoms with van der Waals surface area (Å²) in [5.41, 5.74) is -0.237. The van der Waals surface area contributed by atoms with E-state index < -0.39 is 5.60 Å². The Bertz CT molecular complexity index is 364. The predicted molar refractivity (Wildman–Crippen MR) is 53.2 cm³/mol. The van der Waals surface area contributed by atoms with E-state index in [1.807, 2.05) is 0 Å². The molecule has 5 nitrogen and oxygen atoms in total. The average Bonchev–Trinajstić information content (AvgIpc) is 2.59. The van der Waals surface area contributed by atoms with Crippen molar-refractivity contribution in [2.75, 3.05) is 13.1 Å². The Labute approximate surface area is 87.7 Å². The third-order valence-electron chi connectivity index (χ3n) is 2.57. The summed E-state index contributed by atoms with van der Waals surface area (Å²) in [6.07, 6.45) is 3.55. The lowest BCUT2D eigenvalue weighted by atomic mass is 10.1. The lowest BCUT2D eigenvalue weighted by molar-refractivity contribution is 0.0572. The topological polar surface area (TPSA) is 66.3 Å². The van der Waals surface area contributed by atoms with E-state index in [-0.39, 0.29) is 5.91 Å². The van der Waals surface area contributed by atoms with Crippen molar-refractivity contribution in [2.45, 2.75) is 18.9 Å². The number of carbonyl (C=O) groups is 1. The molecule has 2 rings (SSSR count). The monoisotopic (exact) mass is 207 g/mol. The van der Waals surface area contributed by atoms with Crippen LogP contribution in [-0.4, -0.2) is 44.8 Å². The summed E-state index contributed by atoms with van der Waals surface area (Å²) >= 11 is 0. The van der Waals surface area contributed by atoms with Gasteiger partial charge in [0, 0.05) is 13.1 Å².